The Balaban J connectivity index is 0.000000275. The third kappa shape index (κ3) is 35.9. The molecule has 0 amide bonds. The van der Waals surface area contributed by atoms with Crippen LogP contribution < -0.4 is 5.73 Å². The first-order valence-corrected chi connectivity index (χ1v) is 36.0. The van der Waals surface area contributed by atoms with Crippen molar-refractivity contribution in [3.8, 4) is 0 Å². The second-order valence-corrected chi connectivity index (χ2v) is 25.9. The van der Waals surface area contributed by atoms with Gasteiger partial charge in [0.1, 0.15) is 30.2 Å². The Morgan fingerprint density at radius 3 is 1.07 bits per heavy atom. The van der Waals surface area contributed by atoms with Gasteiger partial charge in [-0.1, -0.05) is 115 Å². The number of fused-ring (bicyclic) bond motifs is 1. The molecule has 19 nitrogen and oxygen atoms in total. The summed E-state index contributed by atoms with van der Waals surface area (Å²) in [7, 11) is -16.7. The van der Waals surface area contributed by atoms with Crippen molar-refractivity contribution in [2.24, 2.45) is 0 Å². The molecule has 1 saturated heterocycles. The van der Waals surface area contributed by atoms with Crippen molar-refractivity contribution in [2.75, 3.05) is 12.3 Å². The molecule has 13 rings (SSSR count). The van der Waals surface area contributed by atoms with E-state index in [9.17, 15) is 28.8 Å². The summed E-state index contributed by atoms with van der Waals surface area (Å²) in [4.78, 5) is 51.0. The van der Waals surface area contributed by atoms with Crippen LogP contribution in [-0.2, 0) is 31.6 Å². The highest BCUT2D eigenvalue weighted by Gasteiger charge is 2.47. The van der Waals surface area contributed by atoms with E-state index >= 15 is 0 Å². The second kappa shape index (κ2) is 44.6. The highest BCUT2D eigenvalue weighted by molar-refractivity contribution is 7.66. The minimum absolute atomic E-state index is 0.0426. The van der Waals surface area contributed by atoms with E-state index in [0.717, 1.165) is 6.33 Å². The highest BCUT2D eigenvalue weighted by atomic mass is 32.1. The first-order chi connectivity index (χ1) is 39.7. The Hall–Kier alpha value is -4.91. The van der Waals surface area contributed by atoms with Crippen LogP contribution in [0.1, 0.15) is 6.23 Å². The van der Waals surface area contributed by atoms with Gasteiger partial charge < -0.3 is 40.3 Å². The maximum atomic E-state index is 11.8. The molecule has 1 fully saturated rings. The second-order valence-electron chi connectivity index (χ2n) is 14.2. The Kier molecular flexibility index (Phi) is 38.8. The molecule has 31 heteroatoms. The number of thiophene rings is 9. The van der Waals surface area contributed by atoms with Crippen molar-refractivity contribution in [2.45, 2.75) is 24.5 Å². The molecule has 8 N–H and O–H groups in total. The molecule has 6 atom stereocenters. The summed E-state index contributed by atoms with van der Waals surface area (Å²) in [5.41, 5.74) is 6.00. The molecular weight excluding hydrogens is 1290 g/mol. The number of imidazole rings is 1. The van der Waals surface area contributed by atoms with Crippen LogP contribution in [0.25, 0.3) is 11.2 Å². The average molecular weight is 1340 g/mol. The fraction of sp³-hybridized carbons (Fsp3) is 0.0980. The number of aliphatic hydroxyl groups is 2. The summed E-state index contributed by atoms with van der Waals surface area (Å²) in [6.45, 7) is -0.956. The smallest absolute Gasteiger partial charge is 0.387 e. The van der Waals surface area contributed by atoms with Gasteiger partial charge in [0, 0.05) is 12.4 Å². The maximum absolute atomic E-state index is 11.8. The van der Waals surface area contributed by atoms with E-state index in [1.54, 1.807) is 114 Å². The molecule has 0 bridgehead atoms. The molecular formula is C51H57N6O13P3S9. The average Bonchev–Trinajstić information content (AvgIpc) is 4.47. The summed E-state index contributed by atoms with van der Waals surface area (Å²) >= 11 is 15.4. The number of aromatic nitrogens is 5. The number of anilines is 1. The molecule has 0 spiro atoms. The zero-order valence-corrected chi connectivity index (χ0v) is 52.7. The fourth-order valence-corrected chi connectivity index (χ4v) is 12.1. The van der Waals surface area contributed by atoms with E-state index in [4.69, 9.17) is 25.2 Å². The summed E-state index contributed by atoms with van der Waals surface area (Å²) in [5, 5.41) is 57.2. The Bertz CT molecular complexity index is 2700. The molecule has 2 unspecified atom stereocenters. The van der Waals surface area contributed by atoms with Crippen LogP contribution >= 0.6 is 125 Å². The predicted molar refractivity (Wildman–Crippen MR) is 339 cm³/mol. The van der Waals surface area contributed by atoms with E-state index in [2.05, 4.69) is 33.1 Å². The van der Waals surface area contributed by atoms with Crippen LogP contribution in [0, 0.1) is 0 Å². The van der Waals surface area contributed by atoms with Crippen molar-refractivity contribution in [3.05, 3.63) is 249 Å². The first kappa shape index (κ1) is 71.4. The molecule has 0 aliphatic carbocycles. The molecule has 13 heterocycles. The van der Waals surface area contributed by atoms with Crippen molar-refractivity contribution < 1.29 is 61.4 Å². The van der Waals surface area contributed by atoms with Crippen molar-refractivity contribution >= 4 is 142 Å². The highest BCUT2D eigenvalue weighted by Crippen LogP contribution is 2.66. The number of phosphoric ester groups is 1. The number of hydrogen-bond acceptors (Lipinski definition) is 23. The minimum Gasteiger partial charge on any atom is -0.387 e. The summed E-state index contributed by atoms with van der Waals surface area (Å²) in [6.07, 6.45) is -0.191. The van der Waals surface area contributed by atoms with E-state index < -0.39 is 54.6 Å². The minimum atomic E-state index is -5.70. The molecule has 1 aliphatic rings. The number of aliphatic hydroxyl groups excluding tert-OH is 2. The molecule has 12 aromatic heterocycles. The zero-order chi connectivity index (χ0) is 59.3. The monoisotopic (exact) mass is 1340 g/mol. The number of phosphoric acid groups is 3. The number of pyridine rings is 1. The molecule has 0 radical (unpaired) electrons. The summed E-state index contributed by atoms with van der Waals surface area (Å²) < 4.78 is 51.9. The number of nitrogens with two attached hydrogens (primary N) is 1. The Morgan fingerprint density at radius 2 is 0.805 bits per heavy atom. The van der Waals surface area contributed by atoms with Crippen LogP contribution in [0.3, 0.4) is 0 Å². The van der Waals surface area contributed by atoms with Crippen molar-refractivity contribution in [1.29, 1.82) is 0 Å². The largest absolute Gasteiger partial charge is 0.490 e. The van der Waals surface area contributed by atoms with E-state index in [0.29, 0.717) is 0 Å². The van der Waals surface area contributed by atoms with Crippen LogP contribution in [0.2, 0.25) is 0 Å². The number of nitrogens with zero attached hydrogens (tertiary/aromatic N) is 5. The Labute approximate surface area is 510 Å². The van der Waals surface area contributed by atoms with Crippen LogP contribution in [0.4, 0.5) is 5.82 Å². The normalized spacial score (nSPS) is 15.7. The fourth-order valence-electron chi connectivity index (χ4n) is 4.98. The Morgan fingerprint density at radius 1 is 0.463 bits per heavy atom. The zero-order valence-electron chi connectivity index (χ0n) is 42.7. The van der Waals surface area contributed by atoms with E-state index in [1.807, 2.05) is 224 Å². The molecule has 438 valence electrons. The number of nitrogen functional groups attached to an aromatic ring is 1. The van der Waals surface area contributed by atoms with Gasteiger partial charge in [-0.2, -0.15) is 111 Å². The third-order valence-electron chi connectivity index (χ3n) is 8.21. The lowest BCUT2D eigenvalue weighted by Crippen LogP contribution is -2.33. The van der Waals surface area contributed by atoms with E-state index in [1.165, 1.54) is 10.9 Å². The van der Waals surface area contributed by atoms with Gasteiger partial charge in [0.15, 0.2) is 17.7 Å². The standard InChI is InChI=1S/C10H16N5O13P3.C5H5N.9C4H4S/c11-8-5-9(13-2-12-8)15(3-14-5)10-7(17)6(16)4(26-10)1-25-30(21,22)28-31(23,24)27-29(18,19)20;1-2-4-6-5-3-1;9*1-2-4-5-3-1/h2-4,6-7,10,16-17H,1H2,(H,21,22)(H,23,24)(H2,11,12,13)(H2,18,19,20);1-5H;9*1-4H/t4-,6-,7-,10-;;;;;;;;;;/m1........../s1. The molecule has 12 aromatic rings. The molecule has 0 aromatic carbocycles. The van der Waals surface area contributed by atoms with Gasteiger partial charge in [-0.05, 0) is 109 Å². The van der Waals surface area contributed by atoms with Crippen molar-refractivity contribution in [3.63, 3.8) is 0 Å². The lowest BCUT2D eigenvalue weighted by atomic mass is 10.1. The number of hydrogen-bond donors (Lipinski definition) is 7. The SMILES string of the molecule is Nc1ncnc2c1ncn2[C@@H]1O[C@H](COP(=O)(O)OP(=O)(O)OP(=O)(O)O)[C@@H](O)[C@H]1O.c1ccncc1.c1ccsc1.c1ccsc1.c1ccsc1.c1ccsc1.c1ccsc1.c1ccsc1.c1ccsc1.c1ccsc1.c1ccsc1. The van der Waals surface area contributed by atoms with Gasteiger partial charge in [-0.15, -0.1) is 0 Å². The van der Waals surface area contributed by atoms with Crippen molar-refractivity contribution in [1.82, 2.24) is 24.5 Å². The van der Waals surface area contributed by atoms with Gasteiger partial charge >= 0.3 is 23.5 Å². The number of rotatable bonds is 8. The van der Waals surface area contributed by atoms with Gasteiger partial charge in [0.2, 0.25) is 0 Å². The van der Waals surface area contributed by atoms with Gasteiger partial charge in [-0.25, -0.2) is 28.6 Å². The lowest BCUT2D eigenvalue weighted by Gasteiger charge is -2.19. The third-order valence-corrected chi connectivity index (χ3v) is 17.7. The van der Waals surface area contributed by atoms with Crippen LogP contribution in [0.15, 0.2) is 249 Å². The number of ether oxygens (including phenoxy) is 1. The van der Waals surface area contributed by atoms with Gasteiger partial charge in [-0.3, -0.25) is 14.1 Å². The molecule has 1 aliphatic heterocycles. The quantitative estimate of drug-likeness (QED) is 0.0696. The maximum Gasteiger partial charge on any atom is 0.490 e. The summed E-state index contributed by atoms with van der Waals surface area (Å²) in [5.74, 6) is 0.0426. The topological polar surface area (TPSA) is 292 Å². The summed E-state index contributed by atoms with van der Waals surface area (Å²) in [6, 6.07) is 42.0. The molecule has 0 saturated carbocycles. The first-order valence-electron chi connectivity index (χ1n) is 23.0. The predicted octanol–water partition coefficient (Wildman–Crippen LogP) is 15.2. The van der Waals surface area contributed by atoms with Gasteiger partial charge in [0.05, 0.1) is 12.9 Å². The van der Waals surface area contributed by atoms with E-state index in [-0.39, 0.29) is 17.0 Å². The van der Waals surface area contributed by atoms with Gasteiger partial charge in [0.25, 0.3) is 0 Å². The van der Waals surface area contributed by atoms with Crippen LogP contribution in [0.5, 0.6) is 0 Å². The lowest BCUT2D eigenvalue weighted by molar-refractivity contribution is -0.0503. The molecule has 82 heavy (non-hydrogen) atoms. The van der Waals surface area contributed by atoms with Crippen LogP contribution in [-0.4, -0.2) is 79.2 Å².